The number of hydrogen-bond acceptors (Lipinski definition) is 5. The lowest BCUT2D eigenvalue weighted by Crippen LogP contribution is -1.99. The van der Waals surface area contributed by atoms with Crippen molar-refractivity contribution >= 4 is 42.8 Å². The summed E-state index contributed by atoms with van der Waals surface area (Å²) in [5.74, 6) is 0.186. The Bertz CT molecular complexity index is 932. The molecule has 1 aliphatic rings. The van der Waals surface area contributed by atoms with E-state index in [0.29, 0.717) is 5.56 Å². The highest BCUT2D eigenvalue weighted by Gasteiger charge is 2.34. The molecule has 0 saturated heterocycles. The van der Waals surface area contributed by atoms with Crippen LogP contribution in [0.1, 0.15) is 28.8 Å². The topological polar surface area (TPSA) is 93.1 Å². The zero-order valence-electron chi connectivity index (χ0n) is 13.8. The van der Waals surface area contributed by atoms with E-state index in [-0.39, 0.29) is 33.2 Å². The van der Waals surface area contributed by atoms with Gasteiger partial charge >= 0.3 is 13.6 Å². The third kappa shape index (κ3) is 5.27. The molecule has 0 heterocycles. The van der Waals surface area contributed by atoms with Gasteiger partial charge in [0.25, 0.3) is 0 Å². The summed E-state index contributed by atoms with van der Waals surface area (Å²) in [5, 5.41) is 18.6. The number of carboxylic acid groups (broad SMARTS) is 1. The Morgan fingerprint density at radius 1 is 1.19 bits per heavy atom. The summed E-state index contributed by atoms with van der Waals surface area (Å²) in [7, 11) is -3.68. The molecular weight excluding hydrogens is 414 g/mol. The molecule has 0 aromatic heterocycles. The van der Waals surface area contributed by atoms with Gasteiger partial charge in [0.1, 0.15) is 11.5 Å². The van der Waals surface area contributed by atoms with Crippen molar-refractivity contribution in [2.75, 3.05) is 0 Å². The van der Waals surface area contributed by atoms with E-state index in [9.17, 15) is 14.5 Å². The van der Waals surface area contributed by atoms with Gasteiger partial charge in [0.15, 0.2) is 0 Å². The molecule has 9 heteroatoms. The summed E-state index contributed by atoms with van der Waals surface area (Å²) in [6, 6.07) is 8.67. The lowest BCUT2D eigenvalue weighted by Gasteiger charge is -2.16. The molecule has 6 nitrogen and oxygen atoms in total. The highest BCUT2D eigenvalue weighted by molar-refractivity contribution is 7.57. The average molecular weight is 429 g/mol. The van der Waals surface area contributed by atoms with Crippen molar-refractivity contribution in [3.05, 3.63) is 63.4 Å². The Morgan fingerprint density at radius 3 is 2.41 bits per heavy atom. The Balaban J connectivity index is 1.88. The van der Waals surface area contributed by atoms with Gasteiger partial charge in [-0.15, -0.1) is 0 Å². The van der Waals surface area contributed by atoms with E-state index in [0.717, 1.165) is 12.8 Å². The van der Waals surface area contributed by atoms with Crippen LogP contribution in [0.4, 0.5) is 0 Å². The van der Waals surface area contributed by atoms with Crippen molar-refractivity contribution in [2.45, 2.75) is 18.9 Å². The molecule has 1 atom stereocenters. The summed E-state index contributed by atoms with van der Waals surface area (Å²) in [6.45, 7) is 0. The molecule has 1 saturated carbocycles. The standard InChI is InChI=1S/C18H15Cl2O6P/c19-15-8-11(9-16(20)17(15)18(22)23)6-7-27(24,25-13-4-5-13)26-14-3-1-2-12(21)10-14/h1-3,6-10,13,21H,4-5H2,(H,22,23)/b7-6+. The largest absolute Gasteiger partial charge is 0.508 e. The minimum Gasteiger partial charge on any atom is -0.508 e. The maximum absolute atomic E-state index is 13.1. The maximum Gasteiger partial charge on any atom is 0.403 e. The van der Waals surface area contributed by atoms with E-state index in [2.05, 4.69) is 0 Å². The van der Waals surface area contributed by atoms with Crippen LogP contribution in [0.25, 0.3) is 6.08 Å². The molecule has 1 fully saturated rings. The van der Waals surface area contributed by atoms with Crippen LogP contribution in [0, 0.1) is 0 Å². The van der Waals surface area contributed by atoms with Crippen LogP contribution >= 0.6 is 30.8 Å². The second-order valence-corrected chi connectivity index (χ2v) is 8.50. The van der Waals surface area contributed by atoms with E-state index < -0.39 is 13.6 Å². The first-order valence-corrected chi connectivity index (χ1v) is 10.3. The number of hydrogen-bond donors (Lipinski definition) is 2. The lowest BCUT2D eigenvalue weighted by atomic mass is 10.1. The van der Waals surface area contributed by atoms with Crippen molar-refractivity contribution in [3.63, 3.8) is 0 Å². The van der Waals surface area contributed by atoms with Gasteiger partial charge in [-0.25, -0.2) is 9.36 Å². The number of halogens is 2. The molecule has 0 aliphatic heterocycles. The zero-order chi connectivity index (χ0) is 19.6. The van der Waals surface area contributed by atoms with E-state index >= 15 is 0 Å². The number of aromatic hydroxyl groups is 1. The van der Waals surface area contributed by atoms with Crippen LogP contribution < -0.4 is 4.52 Å². The Kier molecular flexibility index (Phi) is 5.82. The predicted molar refractivity (Wildman–Crippen MR) is 103 cm³/mol. The first-order chi connectivity index (χ1) is 12.8. The normalized spacial score (nSPS) is 16.2. The third-order valence-corrected chi connectivity index (χ3v) is 5.77. The van der Waals surface area contributed by atoms with Gasteiger partial charge in [-0.1, -0.05) is 29.3 Å². The summed E-state index contributed by atoms with van der Waals surface area (Å²) in [4.78, 5) is 11.1. The molecule has 142 valence electrons. The number of carbonyl (C=O) groups is 1. The van der Waals surface area contributed by atoms with Gasteiger partial charge in [-0.2, -0.15) is 0 Å². The molecule has 1 unspecified atom stereocenters. The van der Waals surface area contributed by atoms with Crippen molar-refractivity contribution < 1.29 is 28.6 Å². The van der Waals surface area contributed by atoms with Crippen LogP contribution in [0.5, 0.6) is 11.5 Å². The molecule has 2 aromatic carbocycles. The number of benzene rings is 2. The smallest absolute Gasteiger partial charge is 0.403 e. The Morgan fingerprint density at radius 2 is 1.85 bits per heavy atom. The fourth-order valence-corrected chi connectivity index (χ4v) is 4.45. The second kappa shape index (κ2) is 7.95. The molecule has 2 aromatic rings. The first-order valence-electron chi connectivity index (χ1n) is 7.94. The molecular formula is C18H15Cl2O6P. The fourth-order valence-electron chi connectivity index (χ4n) is 2.23. The second-order valence-electron chi connectivity index (χ2n) is 5.91. The molecule has 0 amide bonds. The van der Waals surface area contributed by atoms with Crippen LogP contribution in [-0.2, 0) is 9.09 Å². The van der Waals surface area contributed by atoms with E-state index in [1.807, 2.05) is 0 Å². The van der Waals surface area contributed by atoms with Crippen molar-refractivity contribution in [3.8, 4) is 11.5 Å². The van der Waals surface area contributed by atoms with Gasteiger partial charge < -0.3 is 14.7 Å². The molecule has 27 heavy (non-hydrogen) atoms. The van der Waals surface area contributed by atoms with Gasteiger partial charge in [0.2, 0.25) is 0 Å². The number of aromatic carboxylic acids is 1. The van der Waals surface area contributed by atoms with Crippen LogP contribution in [0.15, 0.2) is 42.2 Å². The van der Waals surface area contributed by atoms with Gasteiger partial charge in [0.05, 0.1) is 21.7 Å². The molecule has 1 aliphatic carbocycles. The lowest BCUT2D eigenvalue weighted by molar-refractivity contribution is 0.0697. The quantitative estimate of drug-likeness (QED) is 0.539. The summed E-state index contributed by atoms with van der Waals surface area (Å²) in [5.41, 5.74) is 0.234. The summed E-state index contributed by atoms with van der Waals surface area (Å²) in [6.07, 6.45) is 2.85. The SMILES string of the molecule is O=C(O)c1c(Cl)cc(/C=C/P(=O)(Oc2cccc(O)c2)OC2CC2)cc1Cl. The number of carboxylic acids is 1. The van der Waals surface area contributed by atoms with E-state index in [1.165, 1.54) is 36.2 Å². The van der Waals surface area contributed by atoms with E-state index in [1.54, 1.807) is 12.1 Å². The van der Waals surface area contributed by atoms with Crippen molar-refractivity contribution in [1.29, 1.82) is 0 Å². The number of phenolic OH excluding ortho intramolecular Hbond substituents is 1. The monoisotopic (exact) mass is 428 g/mol. The predicted octanol–water partition coefficient (Wildman–Crippen LogP) is 5.82. The number of rotatable bonds is 7. The fraction of sp³-hybridized carbons (Fsp3) is 0.167. The van der Waals surface area contributed by atoms with E-state index in [4.69, 9.17) is 37.4 Å². The molecule has 0 bridgehead atoms. The van der Waals surface area contributed by atoms with Crippen molar-refractivity contribution in [1.82, 2.24) is 0 Å². The van der Waals surface area contributed by atoms with Gasteiger partial charge in [-0.05, 0) is 48.7 Å². The Hall–Kier alpha value is -1.98. The minimum absolute atomic E-state index is 0.0303. The van der Waals surface area contributed by atoms with Crippen LogP contribution in [0.2, 0.25) is 10.0 Å². The average Bonchev–Trinajstić information content (AvgIpc) is 3.35. The highest BCUT2D eigenvalue weighted by Crippen LogP contribution is 2.54. The zero-order valence-corrected chi connectivity index (χ0v) is 16.2. The van der Waals surface area contributed by atoms with Crippen LogP contribution in [-0.4, -0.2) is 22.3 Å². The maximum atomic E-state index is 13.1. The highest BCUT2D eigenvalue weighted by atomic mass is 35.5. The molecule has 0 radical (unpaired) electrons. The van der Waals surface area contributed by atoms with Crippen molar-refractivity contribution in [2.24, 2.45) is 0 Å². The Labute approximate surface area is 165 Å². The summed E-state index contributed by atoms with van der Waals surface area (Å²) >= 11 is 11.9. The minimum atomic E-state index is -3.68. The molecule has 2 N–H and O–H groups in total. The van der Waals surface area contributed by atoms with Gasteiger partial charge in [0, 0.05) is 11.9 Å². The number of phenols is 1. The molecule has 0 spiro atoms. The molecule has 3 rings (SSSR count). The first kappa shape index (κ1) is 19.8. The third-order valence-electron chi connectivity index (χ3n) is 3.60. The van der Waals surface area contributed by atoms with Gasteiger partial charge in [-0.3, -0.25) is 4.52 Å². The summed E-state index contributed by atoms with van der Waals surface area (Å²) < 4.78 is 24.1. The van der Waals surface area contributed by atoms with Crippen LogP contribution in [0.3, 0.4) is 0 Å².